The van der Waals surface area contributed by atoms with Crippen LogP contribution in [0.2, 0.25) is 0 Å². The zero-order chi connectivity index (χ0) is 19.1. The summed E-state index contributed by atoms with van der Waals surface area (Å²) in [5, 5.41) is 1.31. The lowest BCUT2D eigenvalue weighted by molar-refractivity contribution is -0.903. The van der Waals surface area contributed by atoms with Gasteiger partial charge in [0.2, 0.25) is 10.0 Å². The van der Waals surface area contributed by atoms with Crippen molar-refractivity contribution in [3.63, 3.8) is 0 Å². The van der Waals surface area contributed by atoms with E-state index in [1.807, 2.05) is 61.5 Å². The third kappa shape index (κ3) is 5.66. The molecule has 1 N–H and O–H groups in total. The maximum absolute atomic E-state index is 12.5. The van der Waals surface area contributed by atoms with Crippen LogP contribution in [0.1, 0.15) is 11.1 Å². The zero-order valence-corrected chi connectivity index (χ0v) is 16.5. The normalized spacial score (nSPS) is 16.6. The maximum Gasteiger partial charge on any atom is 0.236 e. The Morgan fingerprint density at radius 2 is 1.70 bits per heavy atom. The molecule has 144 valence electrons. The van der Waals surface area contributed by atoms with Gasteiger partial charge in [0.25, 0.3) is 0 Å². The number of benzene rings is 2. The highest BCUT2D eigenvalue weighted by molar-refractivity contribution is 7.92. The molecule has 1 saturated heterocycles. The van der Waals surface area contributed by atoms with Gasteiger partial charge in [-0.05, 0) is 30.2 Å². The standard InChI is InChI=1S/C21H26N2O3S/c1-19-7-5-6-10-21(19)26-17-16-22-12-14-23(15-13-22)27(24,25)18-11-20-8-3-2-4-9-20/h2-11,18H,12-17H2,1H3/p+1/b18-11+. The SMILES string of the molecule is Cc1ccccc1OCC[NH+]1CCN(S(=O)(=O)/C=C/c2ccccc2)CC1. The summed E-state index contributed by atoms with van der Waals surface area (Å²) in [4.78, 5) is 1.38. The molecule has 2 aromatic carbocycles. The fraction of sp³-hybridized carbons (Fsp3) is 0.333. The van der Waals surface area contributed by atoms with E-state index in [0.717, 1.165) is 36.5 Å². The first-order valence-electron chi connectivity index (χ1n) is 9.30. The van der Waals surface area contributed by atoms with Crippen LogP contribution in [0.4, 0.5) is 0 Å². The van der Waals surface area contributed by atoms with Gasteiger partial charge >= 0.3 is 0 Å². The number of ether oxygens (including phenoxy) is 1. The molecule has 0 aliphatic carbocycles. The predicted molar refractivity (Wildman–Crippen MR) is 108 cm³/mol. The van der Waals surface area contributed by atoms with Gasteiger partial charge in [-0.15, -0.1) is 0 Å². The monoisotopic (exact) mass is 387 g/mol. The van der Waals surface area contributed by atoms with Crippen molar-refractivity contribution in [1.29, 1.82) is 0 Å². The zero-order valence-electron chi connectivity index (χ0n) is 15.7. The summed E-state index contributed by atoms with van der Waals surface area (Å²) >= 11 is 0. The van der Waals surface area contributed by atoms with Crippen molar-refractivity contribution in [3.8, 4) is 5.75 Å². The third-order valence-electron chi connectivity index (χ3n) is 4.83. The van der Waals surface area contributed by atoms with E-state index in [9.17, 15) is 8.42 Å². The number of sulfonamides is 1. The molecular formula is C21H27N2O3S+. The highest BCUT2D eigenvalue weighted by Crippen LogP contribution is 2.15. The second-order valence-corrected chi connectivity index (χ2v) is 8.59. The smallest absolute Gasteiger partial charge is 0.236 e. The number of nitrogens with one attached hydrogen (secondary N) is 1. The molecule has 0 bridgehead atoms. The minimum Gasteiger partial charge on any atom is -0.487 e. The average molecular weight is 388 g/mol. The van der Waals surface area contributed by atoms with Gasteiger partial charge in [-0.2, -0.15) is 4.31 Å². The number of rotatable bonds is 7. The van der Waals surface area contributed by atoms with Crippen molar-refractivity contribution < 1.29 is 18.1 Å². The molecular weight excluding hydrogens is 360 g/mol. The van der Waals surface area contributed by atoms with E-state index in [0.29, 0.717) is 19.7 Å². The van der Waals surface area contributed by atoms with E-state index < -0.39 is 10.0 Å². The Bertz CT molecular complexity index is 858. The lowest BCUT2D eigenvalue weighted by Gasteiger charge is -2.30. The van der Waals surface area contributed by atoms with E-state index in [-0.39, 0.29) is 0 Å². The molecule has 1 heterocycles. The van der Waals surface area contributed by atoms with E-state index in [4.69, 9.17) is 4.74 Å². The van der Waals surface area contributed by atoms with Gasteiger partial charge in [0.15, 0.2) is 0 Å². The van der Waals surface area contributed by atoms with E-state index >= 15 is 0 Å². The average Bonchev–Trinajstić information content (AvgIpc) is 2.69. The minimum atomic E-state index is -3.37. The van der Waals surface area contributed by atoms with Crippen molar-refractivity contribution in [2.75, 3.05) is 39.3 Å². The van der Waals surface area contributed by atoms with E-state index in [2.05, 4.69) is 0 Å². The number of hydrogen-bond donors (Lipinski definition) is 1. The number of piperazine rings is 1. The molecule has 3 rings (SSSR count). The van der Waals surface area contributed by atoms with Gasteiger partial charge in [0.05, 0.1) is 26.2 Å². The molecule has 0 saturated carbocycles. The summed E-state index contributed by atoms with van der Waals surface area (Å²) in [6.45, 7) is 6.24. The number of aryl methyl sites for hydroxylation is 1. The molecule has 1 aliphatic heterocycles. The van der Waals surface area contributed by atoms with Gasteiger partial charge in [0, 0.05) is 5.41 Å². The quantitative estimate of drug-likeness (QED) is 0.785. The molecule has 5 nitrogen and oxygen atoms in total. The van der Waals surface area contributed by atoms with Gasteiger partial charge < -0.3 is 9.64 Å². The molecule has 0 aromatic heterocycles. The van der Waals surface area contributed by atoms with E-state index in [1.165, 1.54) is 10.3 Å². The van der Waals surface area contributed by atoms with Gasteiger partial charge in [-0.25, -0.2) is 8.42 Å². The fourth-order valence-electron chi connectivity index (χ4n) is 3.15. The third-order valence-corrected chi connectivity index (χ3v) is 6.39. The molecule has 1 aliphatic rings. The Morgan fingerprint density at radius 3 is 2.41 bits per heavy atom. The highest BCUT2D eigenvalue weighted by atomic mass is 32.2. The number of quaternary nitrogens is 1. The molecule has 27 heavy (non-hydrogen) atoms. The topological polar surface area (TPSA) is 51.1 Å². The molecule has 0 unspecified atom stereocenters. The summed E-state index contributed by atoms with van der Waals surface area (Å²) in [7, 11) is -3.37. The van der Waals surface area contributed by atoms with E-state index in [1.54, 1.807) is 10.4 Å². The second-order valence-electron chi connectivity index (χ2n) is 6.77. The molecule has 1 fully saturated rings. The van der Waals surface area contributed by atoms with Crippen LogP contribution in [0, 0.1) is 6.92 Å². The highest BCUT2D eigenvalue weighted by Gasteiger charge is 2.27. The lowest BCUT2D eigenvalue weighted by Crippen LogP contribution is -3.15. The largest absolute Gasteiger partial charge is 0.487 e. The molecule has 0 amide bonds. The Kier molecular flexibility index (Phi) is 6.66. The van der Waals surface area contributed by atoms with Crippen molar-refractivity contribution in [3.05, 3.63) is 71.1 Å². The Morgan fingerprint density at radius 1 is 1.04 bits per heavy atom. The predicted octanol–water partition coefficient (Wildman–Crippen LogP) is 1.58. The fourth-order valence-corrected chi connectivity index (χ4v) is 4.34. The van der Waals surface area contributed by atoms with Crippen LogP contribution in [0.25, 0.3) is 6.08 Å². The lowest BCUT2D eigenvalue weighted by atomic mass is 10.2. The first kappa shape index (κ1) is 19.6. The van der Waals surface area contributed by atoms with Gasteiger partial charge in [0.1, 0.15) is 18.9 Å². The first-order valence-corrected chi connectivity index (χ1v) is 10.8. The van der Waals surface area contributed by atoms with Crippen LogP contribution >= 0.6 is 0 Å². The molecule has 0 atom stereocenters. The first-order chi connectivity index (χ1) is 13.0. The summed E-state index contributed by atoms with van der Waals surface area (Å²) < 4.78 is 32.4. The van der Waals surface area contributed by atoms with Crippen molar-refractivity contribution in [2.24, 2.45) is 0 Å². The van der Waals surface area contributed by atoms with Crippen LogP contribution in [0.3, 0.4) is 0 Å². The van der Waals surface area contributed by atoms with Crippen molar-refractivity contribution >= 4 is 16.1 Å². The summed E-state index contributed by atoms with van der Waals surface area (Å²) in [5.41, 5.74) is 2.02. The Hall–Kier alpha value is -2.15. The second kappa shape index (κ2) is 9.17. The van der Waals surface area contributed by atoms with Crippen LogP contribution in [0.5, 0.6) is 5.75 Å². The summed E-state index contributed by atoms with van der Waals surface area (Å²) in [6.07, 6.45) is 1.66. The summed E-state index contributed by atoms with van der Waals surface area (Å²) in [6, 6.07) is 17.5. The van der Waals surface area contributed by atoms with Crippen molar-refractivity contribution in [1.82, 2.24) is 4.31 Å². The maximum atomic E-state index is 12.5. The number of hydrogen-bond acceptors (Lipinski definition) is 3. The molecule has 0 radical (unpaired) electrons. The van der Waals surface area contributed by atoms with Crippen LogP contribution < -0.4 is 9.64 Å². The van der Waals surface area contributed by atoms with Crippen LogP contribution in [0.15, 0.2) is 60.0 Å². The van der Waals surface area contributed by atoms with Crippen molar-refractivity contribution in [2.45, 2.75) is 6.92 Å². The summed E-state index contributed by atoms with van der Waals surface area (Å²) in [5.74, 6) is 0.921. The molecule has 0 spiro atoms. The minimum absolute atomic E-state index is 0.543. The number of para-hydroxylation sites is 1. The molecule has 6 heteroatoms. The van der Waals surface area contributed by atoms with Gasteiger partial charge in [-0.1, -0.05) is 48.5 Å². The Labute approximate surface area is 161 Å². The number of nitrogens with zero attached hydrogens (tertiary/aromatic N) is 1. The Balaban J connectivity index is 1.45. The van der Waals surface area contributed by atoms with Crippen LogP contribution in [-0.2, 0) is 10.0 Å². The van der Waals surface area contributed by atoms with Gasteiger partial charge in [-0.3, -0.25) is 0 Å². The van der Waals surface area contributed by atoms with Crippen LogP contribution in [-0.4, -0.2) is 52.1 Å². The molecule has 2 aromatic rings.